The Morgan fingerprint density at radius 2 is 1.95 bits per heavy atom. The summed E-state index contributed by atoms with van der Waals surface area (Å²) in [5.74, 6) is 1.56. The molecule has 0 spiro atoms. The first-order chi connectivity index (χ1) is 9.08. The van der Waals surface area contributed by atoms with Crippen molar-refractivity contribution in [3.05, 3.63) is 29.3 Å². The van der Waals surface area contributed by atoms with Crippen molar-refractivity contribution in [2.45, 2.75) is 45.8 Å². The minimum Gasteiger partial charge on any atom is -0.491 e. The van der Waals surface area contributed by atoms with E-state index in [9.17, 15) is 0 Å². The zero-order chi connectivity index (χ0) is 13.8. The van der Waals surface area contributed by atoms with E-state index in [0.29, 0.717) is 5.92 Å². The fourth-order valence-corrected chi connectivity index (χ4v) is 2.74. The molecule has 0 aliphatic carbocycles. The van der Waals surface area contributed by atoms with Crippen LogP contribution in [0.15, 0.2) is 18.2 Å². The van der Waals surface area contributed by atoms with Gasteiger partial charge in [-0.15, -0.1) is 0 Å². The maximum atomic E-state index is 6.42. The second-order valence-electron chi connectivity index (χ2n) is 5.80. The van der Waals surface area contributed by atoms with Gasteiger partial charge in [0.15, 0.2) is 0 Å². The molecule has 106 valence electrons. The highest BCUT2D eigenvalue weighted by atomic mass is 16.5. The van der Waals surface area contributed by atoms with E-state index >= 15 is 0 Å². The van der Waals surface area contributed by atoms with Gasteiger partial charge in [0.05, 0.1) is 6.10 Å². The van der Waals surface area contributed by atoms with E-state index < -0.39 is 0 Å². The van der Waals surface area contributed by atoms with Crippen molar-refractivity contribution in [1.82, 2.24) is 5.32 Å². The Labute approximate surface area is 116 Å². The Hall–Kier alpha value is -1.06. The monoisotopic (exact) mass is 262 g/mol. The molecular weight excluding hydrogens is 236 g/mol. The van der Waals surface area contributed by atoms with Crippen molar-refractivity contribution in [2.24, 2.45) is 11.7 Å². The molecule has 0 amide bonds. The lowest BCUT2D eigenvalue weighted by molar-refractivity contribution is 0.240. The number of ether oxygens (including phenoxy) is 1. The number of nitrogens with one attached hydrogen (secondary N) is 1. The Morgan fingerprint density at radius 3 is 2.53 bits per heavy atom. The summed E-state index contributed by atoms with van der Waals surface area (Å²) >= 11 is 0. The lowest BCUT2D eigenvalue weighted by Crippen LogP contribution is -2.33. The van der Waals surface area contributed by atoms with Gasteiger partial charge in [0.1, 0.15) is 5.75 Å². The quantitative estimate of drug-likeness (QED) is 0.877. The molecular formula is C16H26N2O. The highest BCUT2D eigenvalue weighted by molar-refractivity contribution is 5.37. The fourth-order valence-electron chi connectivity index (χ4n) is 2.74. The summed E-state index contributed by atoms with van der Waals surface area (Å²) in [6, 6.07) is 6.52. The normalized spacial score (nSPS) is 18.6. The van der Waals surface area contributed by atoms with Crippen LogP contribution in [0, 0.1) is 12.8 Å². The van der Waals surface area contributed by atoms with Crippen molar-refractivity contribution >= 4 is 0 Å². The van der Waals surface area contributed by atoms with Gasteiger partial charge in [-0.1, -0.05) is 12.1 Å². The highest BCUT2D eigenvalue weighted by Gasteiger charge is 2.22. The van der Waals surface area contributed by atoms with E-state index in [1.54, 1.807) is 0 Å². The van der Waals surface area contributed by atoms with E-state index in [-0.39, 0.29) is 12.1 Å². The van der Waals surface area contributed by atoms with Crippen molar-refractivity contribution in [1.29, 1.82) is 0 Å². The summed E-state index contributed by atoms with van der Waals surface area (Å²) in [6.07, 6.45) is 2.55. The van der Waals surface area contributed by atoms with Gasteiger partial charge in [-0.3, -0.25) is 0 Å². The van der Waals surface area contributed by atoms with E-state index in [1.807, 2.05) is 13.8 Å². The SMILES string of the molecule is Cc1cc(C(N)C2CCNCC2)ccc1OC(C)C. The summed E-state index contributed by atoms with van der Waals surface area (Å²) in [4.78, 5) is 0. The fraction of sp³-hybridized carbons (Fsp3) is 0.625. The van der Waals surface area contributed by atoms with Gasteiger partial charge in [0.25, 0.3) is 0 Å². The Bertz CT molecular complexity index is 411. The van der Waals surface area contributed by atoms with Crippen LogP contribution in [0.25, 0.3) is 0 Å². The molecule has 0 aromatic heterocycles. The lowest BCUT2D eigenvalue weighted by atomic mass is 9.86. The summed E-state index contributed by atoms with van der Waals surface area (Å²) in [6.45, 7) is 8.37. The average Bonchev–Trinajstić information content (AvgIpc) is 2.41. The first kappa shape index (κ1) is 14.4. The number of nitrogens with two attached hydrogens (primary N) is 1. The second kappa shape index (κ2) is 6.40. The zero-order valence-electron chi connectivity index (χ0n) is 12.3. The van der Waals surface area contributed by atoms with Crippen LogP contribution in [0.3, 0.4) is 0 Å². The Kier molecular flexibility index (Phi) is 4.83. The number of piperidine rings is 1. The maximum Gasteiger partial charge on any atom is 0.122 e. The Morgan fingerprint density at radius 1 is 1.26 bits per heavy atom. The van der Waals surface area contributed by atoms with E-state index in [0.717, 1.165) is 18.8 Å². The van der Waals surface area contributed by atoms with Crippen molar-refractivity contribution in [3.8, 4) is 5.75 Å². The number of rotatable bonds is 4. The molecule has 1 unspecified atom stereocenters. The second-order valence-corrected chi connectivity index (χ2v) is 5.80. The summed E-state index contributed by atoms with van der Waals surface area (Å²) < 4.78 is 5.77. The molecule has 1 aliphatic rings. The smallest absolute Gasteiger partial charge is 0.122 e. The van der Waals surface area contributed by atoms with Crippen LogP contribution in [-0.2, 0) is 0 Å². The largest absolute Gasteiger partial charge is 0.491 e. The van der Waals surface area contributed by atoms with Crippen molar-refractivity contribution in [3.63, 3.8) is 0 Å². The summed E-state index contributed by atoms with van der Waals surface area (Å²) in [5, 5.41) is 3.39. The molecule has 1 atom stereocenters. The molecule has 1 aromatic rings. The standard InChI is InChI=1S/C16H26N2O/c1-11(2)19-15-5-4-14(10-12(15)3)16(17)13-6-8-18-9-7-13/h4-5,10-11,13,16,18H,6-9,17H2,1-3H3. The molecule has 1 aromatic carbocycles. The maximum absolute atomic E-state index is 6.42. The molecule has 1 heterocycles. The van der Waals surface area contributed by atoms with Gasteiger partial charge in [-0.2, -0.15) is 0 Å². The van der Waals surface area contributed by atoms with Crippen LogP contribution in [0.2, 0.25) is 0 Å². The van der Waals surface area contributed by atoms with Gasteiger partial charge in [0.2, 0.25) is 0 Å². The molecule has 3 heteroatoms. The number of hydrogen-bond donors (Lipinski definition) is 2. The van der Waals surface area contributed by atoms with Gasteiger partial charge in [-0.05, 0) is 69.8 Å². The molecule has 0 bridgehead atoms. The summed E-state index contributed by atoms with van der Waals surface area (Å²) in [5.41, 5.74) is 8.83. The van der Waals surface area contributed by atoms with Crippen LogP contribution >= 0.6 is 0 Å². The number of benzene rings is 1. The molecule has 2 rings (SSSR count). The minimum absolute atomic E-state index is 0.147. The molecule has 3 N–H and O–H groups in total. The van der Waals surface area contributed by atoms with Crippen molar-refractivity contribution in [2.75, 3.05) is 13.1 Å². The number of hydrogen-bond acceptors (Lipinski definition) is 3. The predicted molar refractivity (Wildman–Crippen MR) is 79.5 cm³/mol. The van der Waals surface area contributed by atoms with Gasteiger partial charge in [0, 0.05) is 6.04 Å². The average molecular weight is 262 g/mol. The van der Waals surface area contributed by atoms with Crippen LogP contribution in [0.5, 0.6) is 5.75 Å². The van der Waals surface area contributed by atoms with Crippen LogP contribution < -0.4 is 15.8 Å². The molecule has 0 radical (unpaired) electrons. The lowest BCUT2D eigenvalue weighted by Gasteiger charge is -2.28. The first-order valence-corrected chi connectivity index (χ1v) is 7.31. The number of aryl methyl sites for hydroxylation is 1. The molecule has 0 saturated carbocycles. The minimum atomic E-state index is 0.147. The van der Waals surface area contributed by atoms with E-state index in [1.165, 1.54) is 24.0 Å². The molecule has 19 heavy (non-hydrogen) atoms. The first-order valence-electron chi connectivity index (χ1n) is 7.31. The summed E-state index contributed by atoms with van der Waals surface area (Å²) in [7, 11) is 0. The topological polar surface area (TPSA) is 47.3 Å². The zero-order valence-corrected chi connectivity index (χ0v) is 12.3. The van der Waals surface area contributed by atoms with Crippen LogP contribution in [0.1, 0.15) is 43.9 Å². The van der Waals surface area contributed by atoms with E-state index in [4.69, 9.17) is 10.5 Å². The predicted octanol–water partition coefficient (Wildman–Crippen LogP) is 2.78. The molecule has 3 nitrogen and oxygen atoms in total. The van der Waals surface area contributed by atoms with Crippen molar-refractivity contribution < 1.29 is 4.74 Å². The molecule has 1 fully saturated rings. The third kappa shape index (κ3) is 3.71. The highest BCUT2D eigenvalue weighted by Crippen LogP contribution is 2.29. The van der Waals surface area contributed by atoms with Gasteiger partial charge >= 0.3 is 0 Å². The Balaban J connectivity index is 2.09. The van der Waals surface area contributed by atoms with E-state index in [2.05, 4.69) is 30.4 Å². The molecule has 1 saturated heterocycles. The van der Waals surface area contributed by atoms with Gasteiger partial charge < -0.3 is 15.8 Å². The van der Waals surface area contributed by atoms with Crippen LogP contribution in [-0.4, -0.2) is 19.2 Å². The van der Waals surface area contributed by atoms with Gasteiger partial charge in [-0.25, -0.2) is 0 Å². The third-order valence-corrected chi connectivity index (χ3v) is 3.84. The van der Waals surface area contributed by atoms with Crippen LogP contribution in [0.4, 0.5) is 0 Å². The molecule has 1 aliphatic heterocycles. The third-order valence-electron chi connectivity index (χ3n) is 3.84.